The molecular weight excluding hydrogens is 242 g/mol. The number of aliphatic hydroxyl groups excluding tert-OH is 1. The Morgan fingerprint density at radius 2 is 2.06 bits per heavy atom. The Hall–Kier alpha value is -0.620. The number of hydrogen-bond donors (Lipinski definition) is 1. The van der Waals surface area contributed by atoms with Crippen LogP contribution in [0.4, 0.5) is 0 Å². The Morgan fingerprint density at radius 1 is 1.29 bits per heavy atom. The summed E-state index contributed by atoms with van der Waals surface area (Å²) in [4.78, 5) is 13.7. The zero-order chi connectivity index (χ0) is 12.5. The maximum absolute atomic E-state index is 12.1. The fraction of sp³-hybridized carbons (Fsp3) is 0.909. The number of likely N-dealkylation sites (tertiary alicyclic amines) is 1. The van der Waals surface area contributed by atoms with E-state index in [9.17, 15) is 13.2 Å². The van der Waals surface area contributed by atoms with E-state index in [2.05, 4.69) is 0 Å². The number of carbonyl (C=O) groups excluding carboxylic acids is 1. The van der Waals surface area contributed by atoms with Gasteiger partial charge in [0.1, 0.15) is 5.25 Å². The van der Waals surface area contributed by atoms with Crippen molar-refractivity contribution >= 4 is 15.7 Å². The van der Waals surface area contributed by atoms with Crippen LogP contribution in [0.5, 0.6) is 0 Å². The maximum Gasteiger partial charge on any atom is 0.240 e. The highest BCUT2D eigenvalue weighted by Gasteiger charge is 2.39. The first-order chi connectivity index (χ1) is 8.04. The van der Waals surface area contributed by atoms with E-state index in [1.165, 1.54) is 0 Å². The summed E-state index contributed by atoms with van der Waals surface area (Å²) in [5.74, 6) is 0.00613. The monoisotopic (exact) mass is 261 g/mol. The Morgan fingerprint density at radius 3 is 2.65 bits per heavy atom. The first kappa shape index (κ1) is 12.8. The summed E-state index contributed by atoms with van der Waals surface area (Å²) in [6, 6.07) is 0. The van der Waals surface area contributed by atoms with Crippen LogP contribution in [0.2, 0.25) is 0 Å². The van der Waals surface area contributed by atoms with Crippen molar-refractivity contribution in [3.8, 4) is 0 Å². The molecule has 0 radical (unpaired) electrons. The van der Waals surface area contributed by atoms with E-state index in [1.54, 1.807) is 4.90 Å². The molecule has 0 aromatic carbocycles. The van der Waals surface area contributed by atoms with Crippen LogP contribution in [0, 0.1) is 5.92 Å². The summed E-state index contributed by atoms with van der Waals surface area (Å²) in [7, 11) is -3.24. The third-order valence-electron chi connectivity index (χ3n) is 3.71. The molecule has 17 heavy (non-hydrogen) atoms. The molecular formula is C11H19NO4S. The first-order valence-corrected chi connectivity index (χ1v) is 7.87. The second-order valence-corrected chi connectivity index (χ2v) is 7.28. The highest BCUT2D eigenvalue weighted by Crippen LogP contribution is 2.24. The predicted octanol–water partition coefficient (Wildman–Crippen LogP) is -0.205. The van der Waals surface area contributed by atoms with Crippen molar-refractivity contribution in [3.05, 3.63) is 0 Å². The minimum atomic E-state index is -3.24. The number of rotatable bonds is 2. The zero-order valence-electron chi connectivity index (χ0n) is 9.84. The van der Waals surface area contributed by atoms with Gasteiger partial charge in [0.25, 0.3) is 0 Å². The molecule has 1 N–H and O–H groups in total. The molecule has 6 heteroatoms. The number of sulfone groups is 1. The van der Waals surface area contributed by atoms with Gasteiger partial charge in [-0.25, -0.2) is 8.42 Å². The molecule has 0 saturated carbocycles. The molecule has 0 aliphatic carbocycles. The molecule has 2 saturated heterocycles. The summed E-state index contributed by atoms with van der Waals surface area (Å²) >= 11 is 0. The molecule has 2 fully saturated rings. The Bertz CT molecular complexity index is 392. The standard InChI is InChI=1S/C11H19NO4S/c13-8-9-4-5-12(7-9)11(14)10-3-1-2-6-17(10,15)16/h9-10,13H,1-8H2. The van der Waals surface area contributed by atoms with Crippen LogP contribution in [-0.4, -0.2) is 55.0 Å². The number of amides is 1. The van der Waals surface area contributed by atoms with E-state index in [4.69, 9.17) is 5.11 Å². The zero-order valence-corrected chi connectivity index (χ0v) is 10.7. The van der Waals surface area contributed by atoms with Gasteiger partial charge < -0.3 is 10.0 Å². The van der Waals surface area contributed by atoms with Crippen molar-refractivity contribution in [2.24, 2.45) is 5.92 Å². The van der Waals surface area contributed by atoms with Crippen molar-refractivity contribution in [1.82, 2.24) is 4.90 Å². The van der Waals surface area contributed by atoms with Crippen molar-refractivity contribution in [3.63, 3.8) is 0 Å². The third kappa shape index (κ3) is 2.63. The highest BCUT2D eigenvalue weighted by molar-refractivity contribution is 7.92. The van der Waals surface area contributed by atoms with Crippen molar-refractivity contribution in [2.45, 2.75) is 30.9 Å². The second-order valence-electron chi connectivity index (χ2n) is 4.97. The van der Waals surface area contributed by atoms with Gasteiger partial charge in [0.05, 0.1) is 5.75 Å². The predicted molar refractivity (Wildman–Crippen MR) is 63.2 cm³/mol. The van der Waals surface area contributed by atoms with Gasteiger partial charge in [0, 0.05) is 25.6 Å². The lowest BCUT2D eigenvalue weighted by Crippen LogP contribution is -2.44. The molecule has 5 nitrogen and oxygen atoms in total. The van der Waals surface area contributed by atoms with Gasteiger partial charge >= 0.3 is 0 Å². The number of hydrogen-bond acceptors (Lipinski definition) is 4. The van der Waals surface area contributed by atoms with Gasteiger partial charge in [-0.2, -0.15) is 0 Å². The largest absolute Gasteiger partial charge is 0.396 e. The highest BCUT2D eigenvalue weighted by atomic mass is 32.2. The smallest absolute Gasteiger partial charge is 0.240 e. The fourth-order valence-corrected chi connectivity index (χ4v) is 4.49. The number of nitrogens with zero attached hydrogens (tertiary/aromatic N) is 1. The molecule has 0 bridgehead atoms. The Balaban J connectivity index is 2.05. The van der Waals surface area contributed by atoms with Crippen molar-refractivity contribution in [1.29, 1.82) is 0 Å². The third-order valence-corrected chi connectivity index (χ3v) is 5.87. The Kier molecular flexibility index (Phi) is 3.73. The molecule has 0 spiro atoms. The lowest BCUT2D eigenvalue weighted by molar-refractivity contribution is -0.130. The molecule has 2 unspecified atom stereocenters. The second kappa shape index (κ2) is 4.94. The summed E-state index contributed by atoms with van der Waals surface area (Å²) < 4.78 is 23.7. The summed E-state index contributed by atoms with van der Waals surface area (Å²) in [6.45, 7) is 1.15. The van der Waals surface area contributed by atoms with Crippen LogP contribution in [0.3, 0.4) is 0 Å². The molecule has 2 heterocycles. The van der Waals surface area contributed by atoms with Crippen molar-refractivity contribution in [2.75, 3.05) is 25.4 Å². The van der Waals surface area contributed by atoms with Gasteiger partial charge in [0.15, 0.2) is 9.84 Å². The molecule has 2 aliphatic rings. The van der Waals surface area contributed by atoms with Crippen LogP contribution in [0.1, 0.15) is 25.7 Å². The minimum Gasteiger partial charge on any atom is -0.396 e. The molecule has 2 rings (SSSR count). The maximum atomic E-state index is 12.1. The Labute approximate surface area is 102 Å². The van der Waals surface area contributed by atoms with Gasteiger partial charge in [-0.3, -0.25) is 4.79 Å². The van der Waals surface area contributed by atoms with Crippen LogP contribution in [0.25, 0.3) is 0 Å². The summed E-state index contributed by atoms with van der Waals surface area (Å²) in [6.07, 6.45) is 2.72. The van der Waals surface area contributed by atoms with E-state index >= 15 is 0 Å². The fourth-order valence-electron chi connectivity index (χ4n) is 2.62. The topological polar surface area (TPSA) is 74.7 Å². The van der Waals surface area contributed by atoms with Gasteiger partial charge in [-0.05, 0) is 19.3 Å². The van der Waals surface area contributed by atoms with Crippen LogP contribution < -0.4 is 0 Å². The minimum absolute atomic E-state index is 0.0706. The summed E-state index contributed by atoms with van der Waals surface area (Å²) in [5, 5.41) is 8.20. The van der Waals surface area contributed by atoms with Gasteiger partial charge in [0.2, 0.25) is 5.91 Å². The number of aliphatic hydroxyl groups is 1. The normalized spacial score (nSPS) is 32.6. The van der Waals surface area contributed by atoms with Crippen LogP contribution in [-0.2, 0) is 14.6 Å². The van der Waals surface area contributed by atoms with E-state index < -0.39 is 15.1 Å². The van der Waals surface area contributed by atoms with E-state index in [0.29, 0.717) is 25.9 Å². The van der Waals surface area contributed by atoms with Crippen molar-refractivity contribution < 1.29 is 18.3 Å². The SMILES string of the molecule is O=C(C1CCCCS1(=O)=O)N1CCC(CO)C1. The summed E-state index contributed by atoms with van der Waals surface area (Å²) in [5.41, 5.74) is 0. The molecule has 0 aromatic rings. The average molecular weight is 261 g/mol. The number of carbonyl (C=O) groups is 1. The average Bonchev–Trinajstić information content (AvgIpc) is 2.76. The molecule has 1 amide bonds. The van der Waals surface area contributed by atoms with Gasteiger partial charge in [-0.15, -0.1) is 0 Å². The molecule has 98 valence electrons. The molecule has 2 atom stereocenters. The quantitative estimate of drug-likeness (QED) is 0.746. The van der Waals surface area contributed by atoms with Crippen LogP contribution >= 0.6 is 0 Å². The first-order valence-electron chi connectivity index (χ1n) is 6.16. The molecule has 2 aliphatic heterocycles. The van der Waals surface area contributed by atoms with Crippen LogP contribution in [0.15, 0.2) is 0 Å². The molecule has 0 aromatic heterocycles. The van der Waals surface area contributed by atoms with E-state index in [1.807, 2.05) is 0 Å². The lowest BCUT2D eigenvalue weighted by Gasteiger charge is -2.26. The van der Waals surface area contributed by atoms with Gasteiger partial charge in [-0.1, -0.05) is 6.42 Å². The van der Waals surface area contributed by atoms with E-state index in [-0.39, 0.29) is 24.2 Å². The van der Waals surface area contributed by atoms with E-state index in [0.717, 1.165) is 12.8 Å². The lowest BCUT2D eigenvalue weighted by atomic mass is 10.1.